The number of nitrogens with one attached hydrogen (secondary N) is 1. The van der Waals surface area contributed by atoms with Gasteiger partial charge in [-0.25, -0.2) is 4.98 Å². The van der Waals surface area contributed by atoms with Gasteiger partial charge >= 0.3 is 12.4 Å². The van der Waals surface area contributed by atoms with Crippen LogP contribution in [0.1, 0.15) is 74.6 Å². The first-order chi connectivity index (χ1) is 19.4. The molecule has 2 aliphatic rings. The van der Waals surface area contributed by atoms with E-state index in [9.17, 15) is 26.3 Å². The first-order valence-corrected chi connectivity index (χ1v) is 14.1. The number of ether oxygens (including phenoxy) is 1. The molecule has 1 fully saturated rings. The van der Waals surface area contributed by atoms with E-state index in [1.54, 1.807) is 6.92 Å². The lowest BCUT2D eigenvalue weighted by atomic mass is 10.0. The van der Waals surface area contributed by atoms with E-state index >= 15 is 0 Å². The Kier molecular flexibility index (Phi) is 9.54. The molecule has 11 heteroatoms. The number of halogens is 6. The van der Waals surface area contributed by atoms with Gasteiger partial charge in [-0.05, 0) is 80.5 Å². The first-order valence-electron chi connectivity index (χ1n) is 14.1. The number of hydrogen-bond donors (Lipinski definition) is 1. The lowest BCUT2D eigenvalue weighted by molar-refractivity contribution is -0.143. The molecule has 1 heterocycles. The van der Waals surface area contributed by atoms with Crippen LogP contribution in [-0.2, 0) is 30.2 Å². The second-order valence-corrected chi connectivity index (χ2v) is 10.6. The van der Waals surface area contributed by atoms with Crippen molar-refractivity contribution in [1.82, 2.24) is 9.88 Å². The predicted octanol–water partition coefficient (Wildman–Crippen LogP) is 6.46. The molecule has 0 atom stereocenters. The van der Waals surface area contributed by atoms with Crippen LogP contribution in [0.15, 0.2) is 24.3 Å². The van der Waals surface area contributed by atoms with Gasteiger partial charge in [-0.15, -0.1) is 0 Å². The van der Waals surface area contributed by atoms with E-state index in [0.29, 0.717) is 24.6 Å². The average molecular weight is 583 g/mol. The van der Waals surface area contributed by atoms with E-state index in [0.717, 1.165) is 54.2 Å². The number of rotatable bonds is 9. The Hall–Kier alpha value is -3.24. The molecule has 0 amide bonds. The lowest BCUT2D eigenvalue weighted by Crippen LogP contribution is -2.39. The smallest absolute Gasteiger partial charge is 0.416 e. The Balaban J connectivity index is 1.76. The van der Waals surface area contributed by atoms with Crippen LogP contribution in [0, 0.1) is 11.3 Å². The van der Waals surface area contributed by atoms with Gasteiger partial charge in [0.15, 0.2) is 0 Å². The number of fused-ring (bicyclic) bond motifs is 1. The minimum Gasteiger partial charge on any atom is -0.466 e. The van der Waals surface area contributed by atoms with E-state index in [1.807, 2.05) is 13.0 Å². The average Bonchev–Trinajstić information content (AvgIpc) is 3.43. The quantitative estimate of drug-likeness (QED) is 0.209. The molecule has 224 valence electrons. The highest BCUT2D eigenvalue weighted by atomic mass is 19.4. The summed E-state index contributed by atoms with van der Waals surface area (Å²) in [6.07, 6.45) is 0.579. The van der Waals surface area contributed by atoms with Crippen LogP contribution in [-0.4, -0.2) is 35.6 Å². The summed E-state index contributed by atoms with van der Waals surface area (Å²) < 4.78 is 86.6. The molecule has 0 aliphatic heterocycles. The maximum Gasteiger partial charge on any atom is 0.416 e. The summed E-state index contributed by atoms with van der Waals surface area (Å²) >= 11 is 0. The number of aromatic nitrogens is 1. The number of hydrogen-bond acceptors (Lipinski definition) is 4. The Morgan fingerprint density at radius 1 is 0.927 bits per heavy atom. The molecular weight excluding hydrogens is 546 g/mol. The van der Waals surface area contributed by atoms with Gasteiger partial charge < -0.3 is 14.5 Å². The van der Waals surface area contributed by atoms with Crippen LogP contribution in [0.4, 0.5) is 32.2 Å². The molecule has 4 rings (SSSR count). The van der Waals surface area contributed by atoms with Crippen molar-refractivity contribution in [3.8, 4) is 0 Å². The van der Waals surface area contributed by atoms with Crippen molar-refractivity contribution in [2.45, 2.75) is 77.8 Å². The number of pyridine rings is 1. The van der Waals surface area contributed by atoms with Crippen LogP contribution in [0.3, 0.4) is 0 Å². The monoisotopic (exact) mass is 582 g/mol. The van der Waals surface area contributed by atoms with Crippen LogP contribution >= 0.6 is 0 Å². The molecule has 0 unspecified atom stereocenters. The second kappa shape index (κ2) is 12.7. The highest BCUT2D eigenvalue weighted by Gasteiger charge is 2.37. The number of nitrogens with zero attached hydrogens (tertiary/aromatic N) is 3. The molecule has 5 nitrogen and oxygen atoms in total. The van der Waals surface area contributed by atoms with Crippen molar-refractivity contribution in [1.29, 1.82) is 5.41 Å². The molecule has 41 heavy (non-hydrogen) atoms. The van der Waals surface area contributed by atoms with Crippen LogP contribution in [0.5, 0.6) is 0 Å². The molecular formula is C30H36F6N4O. The van der Waals surface area contributed by atoms with Gasteiger partial charge in [0.1, 0.15) is 5.82 Å². The maximum absolute atomic E-state index is 13.5. The molecule has 2 aliphatic carbocycles. The highest BCUT2D eigenvalue weighted by Crippen LogP contribution is 2.37. The maximum atomic E-state index is 13.5. The summed E-state index contributed by atoms with van der Waals surface area (Å²) in [6, 6.07) is 3.16. The number of amidine groups is 1. The van der Waals surface area contributed by atoms with Gasteiger partial charge in [0.2, 0.25) is 0 Å². The summed E-state index contributed by atoms with van der Waals surface area (Å²) in [5, 5.41) is 10.3. The second-order valence-electron chi connectivity index (χ2n) is 10.6. The van der Waals surface area contributed by atoms with E-state index in [1.165, 1.54) is 17.7 Å². The van der Waals surface area contributed by atoms with Gasteiger partial charge in [-0.2, -0.15) is 26.3 Å². The van der Waals surface area contributed by atoms with E-state index in [-0.39, 0.29) is 37.3 Å². The van der Waals surface area contributed by atoms with Crippen molar-refractivity contribution in [2.24, 2.45) is 5.92 Å². The Bertz CT molecular complexity index is 1320. The van der Waals surface area contributed by atoms with E-state index in [2.05, 4.69) is 17.1 Å². The highest BCUT2D eigenvalue weighted by molar-refractivity contribution is 5.70. The van der Waals surface area contributed by atoms with Gasteiger partial charge in [0, 0.05) is 25.2 Å². The van der Waals surface area contributed by atoms with Crippen LogP contribution < -0.4 is 15.5 Å². The van der Waals surface area contributed by atoms with Crippen LogP contribution in [0.25, 0.3) is 12.2 Å². The van der Waals surface area contributed by atoms with Gasteiger partial charge in [0.25, 0.3) is 6.02 Å². The van der Waals surface area contributed by atoms with Gasteiger partial charge in [-0.1, -0.05) is 25.0 Å². The van der Waals surface area contributed by atoms with Crippen molar-refractivity contribution >= 4 is 24.0 Å². The summed E-state index contributed by atoms with van der Waals surface area (Å²) in [5.74, 6) is 1.25. The van der Waals surface area contributed by atoms with Crippen molar-refractivity contribution in [3.63, 3.8) is 0 Å². The SMILES string of the molecule is CCOC(=N)N(Cc1cc(C(F)(F)F)cc(C(F)(F)F)c1)Cc1cc2c(nc1N(CC)CC1CCCC1)=CCCC=2. The molecule has 0 radical (unpaired) electrons. The predicted molar refractivity (Wildman–Crippen MR) is 147 cm³/mol. The summed E-state index contributed by atoms with van der Waals surface area (Å²) in [5.41, 5.74) is -2.26. The van der Waals surface area contributed by atoms with Gasteiger partial charge in [-0.3, -0.25) is 5.41 Å². The van der Waals surface area contributed by atoms with E-state index < -0.39 is 23.5 Å². The van der Waals surface area contributed by atoms with E-state index in [4.69, 9.17) is 15.1 Å². The Labute approximate surface area is 236 Å². The summed E-state index contributed by atoms with van der Waals surface area (Å²) in [7, 11) is 0. The third-order valence-electron chi connectivity index (χ3n) is 7.59. The topological polar surface area (TPSA) is 52.5 Å². The normalized spacial score (nSPS) is 15.6. The zero-order valence-electron chi connectivity index (χ0n) is 23.3. The fourth-order valence-corrected chi connectivity index (χ4v) is 5.59. The first kappa shape index (κ1) is 30.7. The lowest BCUT2D eigenvalue weighted by Gasteiger charge is -2.30. The third-order valence-corrected chi connectivity index (χ3v) is 7.59. The van der Waals surface area contributed by atoms with Crippen LogP contribution in [0.2, 0.25) is 0 Å². The molecule has 1 aromatic heterocycles. The molecule has 2 aromatic rings. The Morgan fingerprint density at radius 2 is 1.56 bits per heavy atom. The molecule has 1 N–H and O–H groups in total. The van der Waals surface area contributed by atoms with Crippen molar-refractivity contribution in [3.05, 3.63) is 57.1 Å². The standard InChI is InChI=1S/C30H36F6N4O/c1-3-39(17-20-9-5-6-10-20)27-23(15-22-11-7-8-12-26(22)38-27)19-40(28(37)41-4-2)18-21-13-24(29(31,32)33)16-25(14-21)30(34,35)36/h11-16,20,37H,3-10,17-19H2,1-2H3. The minimum atomic E-state index is -4.96. The zero-order valence-corrected chi connectivity index (χ0v) is 23.3. The fourth-order valence-electron chi connectivity index (χ4n) is 5.59. The molecule has 0 bridgehead atoms. The molecule has 0 spiro atoms. The largest absolute Gasteiger partial charge is 0.466 e. The minimum absolute atomic E-state index is 0.0288. The number of alkyl halides is 6. The molecule has 1 saturated carbocycles. The zero-order chi connectivity index (χ0) is 29.8. The number of anilines is 1. The Morgan fingerprint density at radius 3 is 2.15 bits per heavy atom. The fraction of sp³-hybridized carbons (Fsp3) is 0.533. The number of benzene rings is 1. The summed E-state index contributed by atoms with van der Waals surface area (Å²) in [4.78, 5) is 8.55. The third kappa shape index (κ3) is 7.74. The molecule has 0 saturated heterocycles. The molecule has 1 aromatic carbocycles. The summed E-state index contributed by atoms with van der Waals surface area (Å²) in [6.45, 7) is 4.96. The van der Waals surface area contributed by atoms with Crippen molar-refractivity contribution in [2.75, 3.05) is 24.6 Å². The van der Waals surface area contributed by atoms with Crippen molar-refractivity contribution < 1.29 is 31.1 Å². The van der Waals surface area contributed by atoms with Gasteiger partial charge in [0.05, 0.1) is 29.6 Å².